The van der Waals surface area contributed by atoms with Crippen LogP contribution in [0.3, 0.4) is 0 Å². The Morgan fingerprint density at radius 3 is 2.48 bits per heavy atom. The quantitative estimate of drug-likeness (QED) is 0.547. The van der Waals surface area contributed by atoms with E-state index in [1.54, 1.807) is 47.9 Å². The zero-order valence-corrected chi connectivity index (χ0v) is 17.3. The summed E-state index contributed by atoms with van der Waals surface area (Å²) in [6, 6.07) is 12.4. The van der Waals surface area contributed by atoms with Crippen LogP contribution in [0.15, 0.2) is 64.9 Å². The maximum absolute atomic E-state index is 13.0. The van der Waals surface area contributed by atoms with Crippen molar-refractivity contribution >= 4 is 38.3 Å². The number of halogens is 1. The summed E-state index contributed by atoms with van der Waals surface area (Å²) in [6.45, 7) is 1.82. The fourth-order valence-electron chi connectivity index (χ4n) is 2.58. The van der Waals surface area contributed by atoms with Gasteiger partial charge in [0.2, 0.25) is 5.91 Å². The van der Waals surface area contributed by atoms with Crippen molar-refractivity contribution in [2.24, 2.45) is 0 Å². The highest BCUT2D eigenvalue weighted by Gasteiger charge is 2.12. The lowest BCUT2D eigenvalue weighted by Crippen LogP contribution is -2.07. The normalized spacial score (nSPS) is 11.7. The molecule has 8 heteroatoms. The molecule has 0 unspecified atom stereocenters. The summed E-state index contributed by atoms with van der Waals surface area (Å²) in [5, 5.41) is 4.89. The van der Waals surface area contributed by atoms with Gasteiger partial charge in [0, 0.05) is 17.0 Å². The van der Waals surface area contributed by atoms with Crippen molar-refractivity contribution in [3.63, 3.8) is 0 Å². The molecule has 1 heterocycles. The fourth-order valence-corrected chi connectivity index (χ4v) is 4.62. The second kappa shape index (κ2) is 9.11. The molecule has 0 aliphatic carbocycles. The second-order valence-corrected chi connectivity index (χ2v) is 9.22. The minimum Gasteiger partial charge on any atom is -0.298 e. The van der Waals surface area contributed by atoms with E-state index in [1.807, 2.05) is 6.92 Å². The number of rotatable bonds is 7. The first-order chi connectivity index (χ1) is 13.9. The average molecular weight is 431 g/mol. The number of benzene rings is 2. The number of amides is 1. The van der Waals surface area contributed by atoms with Crippen LogP contribution in [0.1, 0.15) is 18.9 Å². The minimum absolute atomic E-state index is 0.109. The summed E-state index contributed by atoms with van der Waals surface area (Å²) in [6.07, 6.45) is 3.51. The molecule has 0 aliphatic rings. The molecule has 1 aromatic heterocycles. The summed E-state index contributed by atoms with van der Waals surface area (Å²) in [4.78, 5) is 16.7. The highest BCUT2D eigenvalue weighted by molar-refractivity contribution is 7.91. The number of nitrogens with one attached hydrogen (secondary N) is 1. The van der Waals surface area contributed by atoms with Crippen molar-refractivity contribution in [2.45, 2.75) is 18.2 Å². The second-order valence-electron chi connectivity index (χ2n) is 6.26. The van der Waals surface area contributed by atoms with Gasteiger partial charge in [-0.05, 0) is 54.5 Å². The Morgan fingerprint density at radius 1 is 1.14 bits per heavy atom. The van der Waals surface area contributed by atoms with Gasteiger partial charge < -0.3 is 0 Å². The topological polar surface area (TPSA) is 76.1 Å². The minimum atomic E-state index is -3.25. The number of thiazole rings is 1. The number of aromatic nitrogens is 1. The molecule has 5 nitrogen and oxygen atoms in total. The van der Waals surface area contributed by atoms with Gasteiger partial charge >= 0.3 is 0 Å². The first-order valence-corrected chi connectivity index (χ1v) is 11.4. The van der Waals surface area contributed by atoms with Gasteiger partial charge in [0.25, 0.3) is 0 Å². The third-order valence-corrected chi connectivity index (χ3v) is 6.71. The van der Waals surface area contributed by atoms with E-state index in [2.05, 4.69) is 10.3 Å². The van der Waals surface area contributed by atoms with Crippen molar-refractivity contribution in [1.29, 1.82) is 0 Å². The summed E-state index contributed by atoms with van der Waals surface area (Å²) >= 11 is 1.27. The standard InChI is InChI=1S/C21H19FN2O3S2/c1-2-13-29(26,27)18-10-3-15(4-11-18)5-12-20(25)24-21-23-19(14-28-21)16-6-8-17(22)9-7-16/h3-12,14H,2,13H2,1H3,(H,23,24,25)/b12-5-. The summed E-state index contributed by atoms with van der Waals surface area (Å²) in [5.41, 5.74) is 2.12. The van der Waals surface area contributed by atoms with Crippen molar-refractivity contribution in [2.75, 3.05) is 11.1 Å². The number of carbonyl (C=O) groups is 1. The molecule has 29 heavy (non-hydrogen) atoms. The number of sulfone groups is 1. The molecule has 1 N–H and O–H groups in total. The number of hydrogen-bond donors (Lipinski definition) is 1. The van der Waals surface area contributed by atoms with Crippen LogP contribution in [0.25, 0.3) is 17.3 Å². The smallest absolute Gasteiger partial charge is 0.250 e. The Bertz CT molecular complexity index is 1120. The van der Waals surface area contributed by atoms with E-state index in [0.717, 1.165) is 5.56 Å². The van der Waals surface area contributed by atoms with Crippen molar-refractivity contribution in [3.05, 3.63) is 71.4 Å². The molecule has 0 aliphatic heterocycles. The third kappa shape index (κ3) is 5.58. The number of carbonyl (C=O) groups excluding carboxylic acids is 1. The molecule has 3 rings (SSSR count). The fraction of sp³-hybridized carbons (Fsp3) is 0.143. The van der Waals surface area contributed by atoms with Gasteiger partial charge in [0.1, 0.15) is 5.82 Å². The maximum atomic E-state index is 13.0. The van der Waals surface area contributed by atoms with Gasteiger partial charge in [-0.3, -0.25) is 10.1 Å². The van der Waals surface area contributed by atoms with Gasteiger partial charge in [-0.25, -0.2) is 17.8 Å². The van der Waals surface area contributed by atoms with E-state index in [9.17, 15) is 17.6 Å². The summed E-state index contributed by atoms with van der Waals surface area (Å²) < 4.78 is 37.1. The first-order valence-electron chi connectivity index (χ1n) is 8.91. The Morgan fingerprint density at radius 2 is 1.83 bits per heavy atom. The highest BCUT2D eigenvalue weighted by Crippen LogP contribution is 2.25. The van der Waals surface area contributed by atoms with Crippen molar-refractivity contribution < 1.29 is 17.6 Å². The molecular formula is C21H19FN2O3S2. The third-order valence-electron chi connectivity index (χ3n) is 4.01. The van der Waals surface area contributed by atoms with E-state index in [4.69, 9.17) is 0 Å². The van der Waals surface area contributed by atoms with Gasteiger partial charge in [0.05, 0.1) is 16.3 Å². The predicted molar refractivity (Wildman–Crippen MR) is 114 cm³/mol. The SMILES string of the molecule is CCCS(=O)(=O)c1ccc(/C=C\C(=O)Nc2nc(-c3ccc(F)cc3)cs2)cc1. The molecule has 0 fully saturated rings. The zero-order valence-electron chi connectivity index (χ0n) is 15.6. The predicted octanol–water partition coefficient (Wildman–Crippen LogP) is 4.78. The molecule has 0 saturated carbocycles. The van der Waals surface area contributed by atoms with Crippen LogP contribution in [-0.4, -0.2) is 25.1 Å². The molecule has 0 bridgehead atoms. The molecule has 1 amide bonds. The van der Waals surface area contributed by atoms with Crippen molar-refractivity contribution in [3.8, 4) is 11.3 Å². The van der Waals surface area contributed by atoms with Crippen LogP contribution in [-0.2, 0) is 14.6 Å². The molecule has 2 aromatic carbocycles. The Hall–Kier alpha value is -2.84. The van der Waals surface area contributed by atoms with E-state index >= 15 is 0 Å². The molecule has 0 spiro atoms. The lowest BCUT2D eigenvalue weighted by Gasteiger charge is -2.03. The van der Waals surface area contributed by atoms with Gasteiger partial charge in [-0.1, -0.05) is 19.1 Å². The van der Waals surface area contributed by atoms with Crippen LogP contribution in [0, 0.1) is 5.82 Å². The van der Waals surface area contributed by atoms with E-state index < -0.39 is 9.84 Å². The number of hydrogen-bond acceptors (Lipinski definition) is 5. The molecule has 3 aromatic rings. The van der Waals surface area contributed by atoms with Gasteiger partial charge in [-0.2, -0.15) is 0 Å². The first kappa shape index (κ1) is 20.9. The number of nitrogens with zero attached hydrogens (tertiary/aromatic N) is 1. The lowest BCUT2D eigenvalue weighted by molar-refractivity contribution is -0.111. The van der Waals surface area contributed by atoms with Crippen molar-refractivity contribution in [1.82, 2.24) is 4.98 Å². The molecule has 0 atom stereocenters. The Labute approximate surface area is 172 Å². The van der Waals surface area contributed by atoms with E-state index in [-0.39, 0.29) is 22.4 Å². The monoisotopic (exact) mass is 430 g/mol. The molecular weight excluding hydrogens is 411 g/mol. The van der Waals surface area contributed by atoms with E-state index in [0.29, 0.717) is 22.8 Å². The van der Waals surface area contributed by atoms with E-state index in [1.165, 1.54) is 29.5 Å². The summed E-state index contributed by atoms with van der Waals surface area (Å²) in [5.74, 6) is -0.565. The van der Waals surface area contributed by atoms with Crippen LogP contribution >= 0.6 is 11.3 Å². The Kier molecular flexibility index (Phi) is 6.56. The summed E-state index contributed by atoms with van der Waals surface area (Å²) in [7, 11) is -3.25. The molecule has 0 radical (unpaired) electrons. The van der Waals surface area contributed by atoms with Gasteiger partial charge in [0.15, 0.2) is 15.0 Å². The van der Waals surface area contributed by atoms with Crippen LogP contribution < -0.4 is 5.32 Å². The molecule has 0 saturated heterocycles. The van der Waals surface area contributed by atoms with Gasteiger partial charge in [-0.15, -0.1) is 11.3 Å². The maximum Gasteiger partial charge on any atom is 0.250 e. The number of anilines is 1. The van der Waals surface area contributed by atoms with Crippen LogP contribution in [0.2, 0.25) is 0 Å². The molecule has 150 valence electrons. The highest BCUT2D eigenvalue weighted by atomic mass is 32.2. The van der Waals surface area contributed by atoms with Crippen LogP contribution in [0.5, 0.6) is 0 Å². The Balaban J connectivity index is 1.62. The average Bonchev–Trinajstić information content (AvgIpc) is 3.15. The largest absolute Gasteiger partial charge is 0.298 e. The zero-order chi connectivity index (χ0) is 20.9. The van der Waals surface area contributed by atoms with Crippen LogP contribution in [0.4, 0.5) is 9.52 Å². The lowest BCUT2D eigenvalue weighted by atomic mass is 10.2.